The average Bonchev–Trinajstić information content (AvgIpc) is 2.47. The van der Waals surface area contributed by atoms with E-state index in [9.17, 15) is 0 Å². The summed E-state index contributed by atoms with van der Waals surface area (Å²) in [5.74, 6) is 0.729. The average molecular weight is 253 g/mol. The monoisotopic (exact) mass is 253 g/mol. The lowest BCUT2D eigenvalue weighted by atomic mass is 9.79. The van der Waals surface area contributed by atoms with Gasteiger partial charge in [0, 0.05) is 6.04 Å². The molecule has 0 spiro atoms. The minimum absolute atomic E-state index is 0.729. The van der Waals surface area contributed by atoms with Gasteiger partial charge in [0.15, 0.2) is 0 Å². The Kier molecular flexibility index (Phi) is 3.56. The molecule has 0 saturated heterocycles. The summed E-state index contributed by atoms with van der Waals surface area (Å²) in [4.78, 5) is 2.40. The maximum absolute atomic E-state index is 2.40. The zero-order valence-electron chi connectivity index (χ0n) is 12.0. The third kappa shape index (κ3) is 2.52. The van der Waals surface area contributed by atoms with E-state index >= 15 is 0 Å². The van der Waals surface area contributed by atoms with Gasteiger partial charge in [0.05, 0.1) is 0 Å². The van der Waals surface area contributed by atoms with Crippen molar-refractivity contribution in [1.29, 1.82) is 0 Å². The fourth-order valence-electron chi connectivity index (χ4n) is 3.52. The van der Waals surface area contributed by atoms with Crippen molar-refractivity contribution in [2.75, 3.05) is 14.1 Å². The van der Waals surface area contributed by atoms with Gasteiger partial charge in [-0.1, -0.05) is 48.9 Å². The van der Waals surface area contributed by atoms with Gasteiger partial charge in [0.2, 0.25) is 0 Å². The standard InChI is InChI=1S/C18H23N/c1-19(2)16-10-5-9-15(13-16)18-12-6-8-14-7-3-4-11-17(14)18/h3-4,6-8,11-12,15-16H,5,9-10,13H2,1-2H3. The predicted octanol–water partition coefficient (Wildman–Crippen LogP) is 4.43. The van der Waals surface area contributed by atoms with Crippen molar-refractivity contribution in [3.63, 3.8) is 0 Å². The van der Waals surface area contributed by atoms with Crippen LogP contribution < -0.4 is 0 Å². The van der Waals surface area contributed by atoms with E-state index in [2.05, 4.69) is 61.5 Å². The first-order valence-corrected chi connectivity index (χ1v) is 7.40. The molecule has 2 unspecified atom stereocenters. The summed E-state index contributed by atoms with van der Waals surface area (Å²) in [5, 5.41) is 2.83. The summed E-state index contributed by atoms with van der Waals surface area (Å²) in [6.07, 6.45) is 5.37. The Balaban J connectivity index is 1.95. The molecule has 0 N–H and O–H groups in total. The molecular weight excluding hydrogens is 230 g/mol. The number of fused-ring (bicyclic) bond motifs is 1. The third-order valence-corrected chi connectivity index (χ3v) is 4.64. The van der Waals surface area contributed by atoms with E-state index in [-0.39, 0.29) is 0 Å². The van der Waals surface area contributed by atoms with Crippen molar-refractivity contribution < 1.29 is 0 Å². The lowest BCUT2D eigenvalue weighted by molar-refractivity contribution is 0.213. The van der Waals surface area contributed by atoms with Crippen molar-refractivity contribution in [3.05, 3.63) is 48.0 Å². The first kappa shape index (κ1) is 12.7. The molecule has 1 fully saturated rings. The van der Waals surface area contributed by atoms with Crippen LogP contribution in [0.2, 0.25) is 0 Å². The zero-order chi connectivity index (χ0) is 13.2. The highest BCUT2D eigenvalue weighted by atomic mass is 15.1. The summed E-state index contributed by atoms with van der Waals surface area (Å²) in [6, 6.07) is 16.3. The second kappa shape index (κ2) is 5.34. The minimum Gasteiger partial charge on any atom is -0.306 e. The number of hydrogen-bond acceptors (Lipinski definition) is 1. The first-order chi connectivity index (χ1) is 9.25. The Morgan fingerprint density at radius 3 is 2.58 bits per heavy atom. The van der Waals surface area contributed by atoms with E-state index < -0.39 is 0 Å². The molecule has 2 aromatic rings. The molecule has 1 aliphatic carbocycles. The van der Waals surface area contributed by atoms with E-state index in [1.807, 2.05) is 0 Å². The Hall–Kier alpha value is -1.34. The minimum atomic E-state index is 0.729. The van der Waals surface area contributed by atoms with Crippen LogP contribution in [0.25, 0.3) is 10.8 Å². The van der Waals surface area contributed by atoms with Gasteiger partial charge in [0.25, 0.3) is 0 Å². The number of benzene rings is 2. The van der Waals surface area contributed by atoms with Gasteiger partial charge >= 0.3 is 0 Å². The lowest BCUT2D eigenvalue weighted by Gasteiger charge is -2.34. The van der Waals surface area contributed by atoms with Gasteiger partial charge in [-0.3, -0.25) is 0 Å². The normalized spacial score (nSPS) is 23.9. The number of hydrogen-bond donors (Lipinski definition) is 0. The van der Waals surface area contributed by atoms with Crippen molar-refractivity contribution >= 4 is 10.8 Å². The molecule has 1 heteroatoms. The second-order valence-corrected chi connectivity index (χ2v) is 6.05. The highest BCUT2D eigenvalue weighted by Crippen LogP contribution is 2.37. The summed E-state index contributed by atoms with van der Waals surface area (Å²) < 4.78 is 0. The van der Waals surface area contributed by atoms with Crippen molar-refractivity contribution in [3.8, 4) is 0 Å². The molecular formula is C18H23N. The zero-order valence-corrected chi connectivity index (χ0v) is 12.0. The summed E-state index contributed by atoms with van der Waals surface area (Å²) in [6.45, 7) is 0. The molecule has 0 aromatic heterocycles. The molecule has 0 radical (unpaired) electrons. The van der Waals surface area contributed by atoms with Gasteiger partial charge in [-0.2, -0.15) is 0 Å². The first-order valence-electron chi connectivity index (χ1n) is 7.40. The Morgan fingerprint density at radius 2 is 1.74 bits per heavy atom. The summed E-state index contributed by atoms with van der Waals surface area (Å²) >= 11 is 0. The van der Waals surface area contributed by atoms with Crippen LogP contribution >= 0.6 is 0 Å². The van der Waals surface area contributed by atoms with Gasteiger partial charge in [-0.25, -0.2) is 0 Å². The molecule has 2 atom stereocenters. The molecule has 100 valence electrons. The third-order valence-electron chi connectivity index (χ3n) is 4.64. The molecule has 1 nitrogen and oxygen atoms in total. The van der Waals surface area contributed by atoms with Gasteiger partial charge < -0.3 is 4.90 Å². The van der Waals surface area contributed by atoms with Crippen LogP contribution in [0.15, 0.2) is 42.5 Å². The fourth-order valence-corrected chi connectivity index (χ4v) is 3.52. The molecule has 3 rings (SSSR count). The van der Waals surface area contributed by atoms with E-state index in [1.54, 1.807) is 5.56 Å². The predicted molar refractivity (Wildman–Crippen MR) is 82.6 cm³/mol. The largest absolute Gasteiger partial charge is 0.306 e. The highest BCUT2D eigenvalue weighted by molar-refractivity contribution is 5.86. The van der Waals surface area contributed by atoms with Gasteiger partial charge in [-0.05, 0) is 55.6 Å². The maximum Gasteiger partial charge on any atom is 0.00949 e. The molecule has 2 aromatic carbocycles. The molecule has 0 heterocycles. The molecule has 0 bridgehead atoms. The number of rotatable bonds is 2. The summed E-state index contributed by atoms with van der Waals surface area (Å²) in [5.41, 5.74) is 1.56. The number of nitrogens with zero attached hydrogens (tertiary/aromatic N) is 1. The molecule has 1 aliphatic rings. The second-order valence-electron chi connectivity index (χ2n) is 6.05. The van der Waals surface area contributed by atoms with Crippen molar-refractivity contribution in [2.45, 2.75) is 37.6 Å². The van der Waals surface area contributed by atoms with Crippen LogP contribution in [0.4, 0.5) is 0 Å². The molecule has 0 aliphatic heterocycles. The molecule has 19 heavy (non-hydrogen) atoms. The summed E-state index contributed by atoms with van der Waals surface area (Å²) in [7, 11) is 4.44. The van der Waals surface area contributed by atoms with Crippen LogP contribution in [-0.4, -0.2) is 25.0 Å². The Bertz CT molecular complexity index is 553. The van der Waals surface area contributed by atoms with Crippen LogP contribution in [0.1, 0.15) is 37.2 Å². The van der Waals surface area contributed by atoms with Crippen molar-refractivity contribution in [2.24, 2.45) is 0 Å². The van der Waals surface area contributed by atoms with E-state index in [1.165, 1.54) is 36.5 Å². The van der Waals surface area contributed by atoms with Crippen LogP contribution in [0.3, 0.4) is 0 Å². The Labute approximate surface area is 116 Å². The SMILES string of the molecule is CN(C)C1CCCC(c2cccc3ccccc23)C1. The Morgan fingerprint density at radius 1 is 0.947 bits per heavy atom. The van der Waals surface area contributed by atoms with Gasteiger partial charge in [-0.15, -0.1) is 0 Å². The molecule has 0 amide bonds. The van der Waals surface area contributed by atoms with Crippen molar-refractivity contribution in [1.82, 2.24) is 4.90 Å². The fraction of sp³-hybridized carbons (Fsp3) is 0.444. The lowest BCUT2D eigenvalue weighted by Crippen LogP contribution is -2.32. The topological polar surface area (TPSA) is 3.24 Å². The molecule has 1 saturated carbocycles. The van der Waals surface area contributed by atoms with Crippen LogP contribution in [-0.2, 0) is 0 Å². The quantitative estimate of drug-likeness (QED) is 0.765. The van der Waals surface area contributed by atoms with E-state index in [0.29, 0.717) is 0 Å². The van der Waals surface area contributed by atoms with Crippen LogP contribution in [0.5, 0.6) is 0 Å². The van der Waals surface area contributed by atoms with Gasteiger partial charge in [0.1, 0.15) is 0 Å². The maximum atomic E-state index is 2.40. The van der Waals surface area contributed by atoms with Crippen LogP contribution in [0, 0.1) is 0 Å². The van der Waals surface area contributed by atoms with E-state index in [0.717, 1.165) is 12.0 Å². The van der Waals surface area contributed by atoms with E-state index in [4.69, 9.17) is 0 Å². The highest BCUT2D eigenvalue weighted by Gasteiger charge is 2.25. The smallest absolute Gasteiger partial charge is 0.00949 e.